The average molecular weight is 266 g/mol. The maximum Gasteiger partial charge on any atom is 0.101 e. The molecule has 110 valence electrons. The Morgan fingerprint density at radius 2 is 2.21 bits per heavy atom. The van der Waals surface area contributed by atoms with Gasteiger partial charge in [0.15, 0.2) is 0 Å². The Morgan fingerprint density at radius 1 is 1.47 bits per heavy atom. The summed E-state index contributed by atoms with van der Waals surface area (Å²) in [5, 5.41) is 8.86. The van der Waals surface area contributed by atoms with Crippen molar-refractivity contribution in [2.45, 2.75) is 57.5 Å². The van der Waals surface area contributed by atoms with Gasteiger partial charge in [0, 0.05) is 12.6 Å². The van der Waals surface area contributed by atoms with E-state index >= 15 is 0 Å². The van der Waals surface area contributed by atoms with Crippen molar-refractivity contribution >= 4 is 0 Å². The lowest BCUT2D eigenvalue weighted by Gasteiger charge is -2.27. The van der Waals surface area contributed by atoms with Gasteiger partial charge in [-0.15, -0.1) is 0 Å². The summed E-state index contributed by atoms with van der Waals surface area (Å²) in [6.45, 7) is 8.78. The fourth-order valence-electron chi connectivity index (χ4n) is 2.90. The molecular weight excluding hydrogens is 236 g/mol. The third kappa shape index (κ3) is 5.90. The number of nitrogens with two attached hydrogens (primary N) is 1. The molecule has 1 rings (SSSR count). The molecule has 19 heavy (non-hydrogen) atoms. The van der Waals surface area contributed by atoms with Crippen molar-refractivity contribution in [2.75, 3.05) is 33.2 Å². The molecule has 2 atom stereocenters. The van der Waals surface area contributed by atoms with E-state index in [1.54, 1.807) is 0 Å². The molecule has 4 heteroatoms. The Morgan fingerprint density at radius 3 is 2.84 bits per heavy atom. The maximum atomic E-state index is 8.86. The molecule has 0 amide bonds. The van der Waals surface area contributed by atoms with Crippen molar-refractivity contribution in [3.05, 3.63) is 0 Å². The summed E-state index contributed by atoms with van der Waals surface area (Å²) >= 11 is 0. The monoisotopic (exact) mass is 266 g/mol. The van der Waals surface area contributed by atoms with E-state index < -0.39 is 5.54 Å². The molecule has 1 heterocycles. The number of likely N-dealkylation sites (N-methyl/N-ethyl adjacent to an activating group) is 2. The lowest BCUT2D eigenvalue weighted by Crippen LogP contribution is -2.39. The SMILES string of the molecule is CCN1CCCC1CN(C)CCCCC(C)(N)C#N. The molecule has 0 aromatic rings. The van der Waals surface area contributed by atoms with Crippen molar-refractivity contribution in [3.63, 3.8) is 0 Å². The fraction of sp³-hybridized carbons (Fsp3) is 0.933. The summed E-state index contributed by atoms with van der Waals surface area (Å²) < 4.78 is 0. The molecule has 1 fully saturated rings. The van der Waals surface area contributed by atoms with E-state index in [1.807, 2.05) is 6.92 Å². The minimum Gasteiger partial charge on any atom is -0.314 e. The van der Waals surface area contributed by atoms with Gasteiger partial charge in [-0.25, -0.2) is 0 Å². The number of nitriles is 1. The maximum absolute atomic E-state index is 8.86. The Balaban J connectivity index is 2.15. The van der Waals surface area contributed by atoms with E-state index in [4.69, 9.17) is 11.0 Å². The summed E-state index contributed by atoms with van der Waals surface area (Å²) in [6, 6.07) is 2.90. The van der Waals surface area contributed by atoms with Crippen LogP contribution in [-0.2, 0) is 0 Å². The molecule has 0 aromatic heterocycles. The summed E-state index contributed by atoms with van der Waals surface area (Å²) in [7, 11) is 2.21. The van der Waals surface area contributed by atoms with Crippen LogP contribution in [0.2, 0.25) is 0 Å². The molecule has 0 bridgehead atoms. The van der Waals surface area contributed by atoms with Crippen molar-refractivity contribution in [2.24, 2.45) is 5.73 Å². The molecule has 0 aromatic carbocycles. The first-order valence-corrected chi connectivity index (χ1v) is 7.61. The smallest absolute Gasteiger partial charge is 0.101 e. The van der Waals surface area contributed by atoms with Crippen LogP contribution in [0.15, 0.2) is 0 Å². The molecule has 1 saturated heterocycles. The largest absolute Gasteiger partial charge is 0.314 e. The van der Waals surface area contributed by atoms with Crippen molar-refractivity contribution in [1.29, 1.82) is 5.26 Å². The van der Waals surface area contributed by atoms with E-state index in [2.05, 4.69) is 29.8 Å². The van der Waals surface area contributed by atoms with Gasteiger partial charge in [-0.2, -0.15) is 5.26 Å². The van der Waals surface area contributed by atoms with Crippen LogP contribution in [0.5, 0.6) is 0 Å². The third-order valence-electron chi connectivity index (χ3n) is 4.17. The minimum absolute atomic E-state index is 0.650. The molecule has 1 aliphatic heterocycles. The first kappa shape index (κ1) is 16.4. The number of rotatable bonds is 8. The first-order chi connectivity index (χ1) is 8.98. The van der Waals surface area contributed by atoms with Gasteiger partial charge in [0.2, 0.25) is 0 Å². The number of unbranched alkanes of at least 4 members (excludes halogenated alkanes) is 1. The third-order valence-corrected chi connectivity index (χ3v) is 4.17. The van der Waals surface area contributed by atoms with Crippen molar-refractivity contribution in [1.82, 2.24) is 9.80 Å². The molecule has 4 nitrogen and oxygen atoms in total. The van der Waals surface area contributed by atoms with Crippen LogP contribution in [0.25, 0.3) is 0 Å². The molecule has 0 saturated carbocycles. The van der Waals surface area contributed by atoms with Crippen LogP contribution < -0.4 is 5.73 Å². The van der Waals surface area contributed by atoms with Gasteiger partial charge in [-0.3, -0.25) is 4.90 Å². The van der Waals surface area contributed by atoms with E-state index in [1.165, 1.54) is 32.5 Å². The number of hydrogen-bond donors (Lipinski definition) is 1. The molecule has 2 unspecified atom stereocenters. The normalized spacial score (nSPS) is 23.5. The van der Waals surface area contributed by atoms with Crippen LogP contribution in [0, 0.1) is 11.3 Å². The lowest BCUT2D eigenvalue weighted by atomic mass is 9.98. The second-order valence-corrected chi connectivity index (χ2v) is 6.17. The zero-order chi connectivity index (χ0) is 14.3. The molecule has 0 aliphatic carbocycles. The summed E-state index contributed by atoms with van der Waals surface area (Å²) in [5.41, 5.74) is 5.17. The van der Waals surface area contributed by atoms with Gasteiger partial charge in [0.25, 0.3) is 0 Å². The van der Waals surface area contributed by atoms with Crippen molar-refractivity contribution in [3.8, 4) is 6.07 Å². The Bertz CT molecular complexity index is 295. The molecule has 0 spiro atoms. The van der Waals surface area contributed by atoms with Gasteiger partial charge in [0.1, 0.15) is 5.54 Å². The topological polar surface area (TPSA) is 56.3 Å². The zero-order valence-corrected chi connectivity index (χ0v) is 12.9. The van der Waals surface area contributed by atoms with Gasteiger partial charge in [-0.05, 0) is 65.7 Å². The van der Waals surface area contributed by atoms with Crippen LogP contribution in [0.3, 0.4) is 0 Å². The highest BCUT2D eigenvalue weighted by atomic mass is 15.2. The molecular formula is C15H30N4. The standard InChI is InChI=1S/C15H30N4/c1-4-19-11-7-8-14(19)12-18(3)10-6-5-9-15(2,17)13-16/h14H,4-12,17H2,1-3H3. The van der Waals surface area contributed by atoms with E-state index in [0.717, 1.165) is 31.8 Å². The second-order valence-electron chi connectivity index (χ2n) is 6.17. The quantitative estimate of drug-likeness (QED) is 0.681. The van der Waals surface area contributed by atoms with Gasteiger partial charge < -0.3 is 10.6 Å². The van der Waals surface area contributed by atoms with E-state index in [0.29, 0.717) is 0 Å². The summed E-state index contributed by atoms with van der Waals surface area (Å²) in [4.78, 5) is 5.02. The van der Waals surface area contributed by atoms with Gasteiger partial charge >= 0.3 is 0 Å². The molecule has 2 N–H and O–H groups in total. The van der Waals surface area contributed by atoms with Gasteiger partial charge in [0.05, 0.1) is 6.07 Å². The lowest BCUT2D eigenvalue weighted by molar-refractivity contribution is 0.196. The predicted molar refractivity (Wildman–Crippen MR) is 79.8 cm³/mol. The first-order valence-electron chi connectivity index (χ1n) is 7.61. The number of hydrogen-bond acceptors (Lipinski definition) is 4. The van der Waals surface area contributed by atoms with E-state index in [9.17, 15) is 0 Å². The van der Waals surface area contributed by atoms with Crippen LogP contribution in [0.4, 0.5) is 0 Å². The highest BCUT2D eigenvalue weighted by Gasteiger charge is 2.23. The highest BCUT2D eigenvalue weighted by Crippen LogP contribution is 2.17. The predicted octanol–water partition coefficient (Wildman–Crippen LogP) is 1.81. The van der Waals surface area contributed by atoms with Crippen LogP contribution >= 0.6 is 0 Å². The minimum atomic E-state index is -0.650. The van der Waals surface area contributed by atoms with Gasteiger partial charge in [-0.1, -0.05) is 6.92 Å². The second kappa shape index (κ2) is 7.84. The molecule has 1 aliphatic rings. The highest BCUT2D eigenvalue weighted by molar-refractivity contribution is 5.00. The molecule has 0 radical (unpaired) electrons. The number of nitrogens with zero attached hydrogens (tertiary/aromatic N) is 3. The fourth-order valence-corrected chi connectivity index (χ4v) is 2.90. The summed E-state index contributed by atoms with van der Waals surface area (Å²) in [5.74, 6) is 0. The van der Waals surface area contributed by atoms with Crippen molar-refractivity contribution < 1.29 is 0 Å². The van der Waals surface area contributed by atoms with Crippen LogP contribution in [0.1, 0.15) is 46.0 Å². The Hall–Kier alpha value is -0.630. The average Bonchev–Trinajstić information content (AvgIpc) is 2.82. The number of likely N-dealkylation sites (tertiary alicyclic amines) is 1. The van der Waals surface area contributed by atoms with E-state index in [-0.39, 0.29) is 0 Å². The zero-order valence-electron chi connectivity index (χ0n) is 12.9. The summed E-state index contributed by atoms with van der Waals surface area (Å²) in [6.07, 6.45) is 5.65. The Labute approximate surface area is 118 Å². The Kier molecular flexibility index (Phi) is 6.78. The van der Waals surface area contributed by atoms with Crippen LogP contribution in [-0.4, -0.2) is 54.6 Å².